The predicted molar refractivity (Wildman–Crippen MR) is 242 cm³/mol. The quantitative estimate of drug-likeness (QED) is 0.0647. The number of piperazine rings is 1. The van der Waals surface area contributed by atoms with Crippen molar-refractivity contribution in [3.63, 3.8) is 0 Å². The third-order valence-electron chi connectivity index (χ3n) is 11.7. The topological polar surface area (TPSA) is 196 Å². The van der Waals surface area contributed by atoms with Crippen molar-refractivity contribution in [2.45, 2.75) is 63.8 Å². The average molecular weight is 914 g/mol. The third-order valence-corrected chi connectivity index (χ3v) is 12.3. The maximum atomic E-state index is 13.3. The Hall–Kier alpha value is -6.15. The smallest absolute Gasteiger partial charge is 0.264 e. The zero-order valence-corrected chi connectivity index (χ0v) is 37.3. The fourth-order valence-corrected chi connectivity index (χ4v) is 8.78. The molecule has 2 fully saturated rings. The highest BCUT2D eigenvalue weighted by molar-refractivity contribution is 6.37. The second-order valence-electron chi connectivity index (χ2n) is 15.8. The third kappa shape index (κ3) is 10.3. The summed E-state index contributed by atoms with van der Waals surface area (Å²) in [4.78, 5) is 73.2. The van der Waals surface area contributed by atoms with Gasteiger partial charge >= 0.3 is 0 Å². The molecule has 1 unspecified atom stereocenters. The van der Waals surface area contributed by atoms with Gasteiger partial charge in [-0.25, -0.2) is 0 Å². The Morgan fingerprint density at radius 2 is 1.66 bits per heavy atom. The zero-order chi connectivity index (χ0) is 45.3. The number of carbonyl (C=O) groups excluding carboxylic acids is 5. The molecule has 4 heterocycles. The van der Waals surface area contributed by atoms with Crippen LogP contribution in [0.3, 0.4) is 0 Å². The van der Waals surface area contributed by atoms with Crippen LogP contribution in [-0.4, -0.2) is 115 Å². The first-order valence-electron chi connectivity index (χ1n) is 21.4. The van der Waals surface area contributed by atoms with Crippen molar-refractivity contribution >= 4 is 80.7 Å². The SMILES string of the molecule is COc1cc(Nc2c(C#N)cnc3cc(OCCCN4CCN(C(=O)CCCCCCCNc5cccc6c5C(=O)N(C5CCC(=O)NC5=O)C6=O)CC4)c(OC)cc23)c(Cl)cc1Cl. The van der Waals surface area contributed by atoms with E-state index in [1.807, 2.05) is 4.90 Å². The van der Waals surface area contributed by atoms with Gasteiger partial charge in [-0.15, -0.1) is 0 Å². The molecular weight excluding hydrogens is 863 g/mol. The van der Waals surface area contributed by atoms with E-state index < -0.39 is 29.7 Å². The lowest BCUT2D eigenvalue weighted by Crippen LogP contribution is -2.54. The van der Waals surface area contributed by atoms with Crippen LogP contribution in [0, 0.1) is 11.3 Å². The summed E-state index contributed by atoms with van der Waals surface area (Å²) in [5.41, 5.74) is 2.97. The number of nitriles is 1. The van der Waals surface area contributed by atoms with Crippen LogP contribution < -0.4 is 30.2 Å². The van der Waals surface area contributed by atoms with Crippen LogP contribution in [0.2, 0.25) is 10.0 Å². The molecule has 7 rings (SSSR count). The Labute approximate surface area is 381 Å². The molecule has 3 N–H and O–H groups in total. The highest BCUT2D eigenvalue weighted by Gasteiger charge is 2.45. The molecule has 1 atom stereocenters. The summed E-state index contributed by atoms with van der Waals surface area (Å²) in [6, 6.07) is 13.0. The first-order chi connectivity index (χ1) is 31.0. The second kappa shape index (κ2) is 21.0. The van der Waals surface area contributed by atoms with Gasteiger partial charge in [-0.1, -0.05) is 48.5 Å². The van der Waals surface area contributed by atoms with Crippen LogP contribution in [0.25, 0.3) is 10.9 Å². The van der Waals surface area contributed by atoms with E-state index >= 15 is 0 Å². The van der Waals surface area contributed by atoms with Gasteiger partial charge in [-0.2, -0.15) is 5.26 Å². The summed E-state index contributed by atoms with van der Waals surface area (Å²) in [5.74, 6) is -0.466. The molecule has 5 amide bonds. The van der Waals surface area contributed by atoms with Gasteiger partial charge in [-0.05, 0) is 49.9 Å². The minimum Gasteiger partial charge on any atom is -0.495 e. The lowest BCUT2D eigenvalue weighted by Gasteiger charge is -2.34. The van der Waals surface area contributed by atoms with Crippen molar-refractivity contribution in [2.75, 3.05) is 70.7 Å². The summed E-state index contributed by atoms with van der Waals surface area (Å²) in [7, 11) is 3.07. The molecule has 3 aromatic carbocycles. The summed E-state index contributed by atoms with van der Waals surface area (Å²) in [5, 5.41) is 20.0. The van der Waals surface area contributed by atoms with Gasteiger partial charge in [0, 0.05) is 81.5 Å². The molecule has 3 aliphatic rings. The molecule has 0 saturated carbocycles. The highest BCUT2D eigenvalue weighted by atomic mass is 35.5. The first-order valence-corrected chi connectivity index (χ1v) is 22.2. The van der Waals surface area contributed by atoms with E-state index in [0.717, 1.165) is 63.1 Å². The lowest BCUT2D eigenvalue weighted by molar-refractivity contribution is -0.136. The molecule has 1 aromatic heterocycles. The van der Waals surface area contributed by atoms with Crippen molar-refractivity contribution in [3.05, 3.63) is 75.4 Å². The van der Waals surface area contributed by atoms with Crippen molar-refractivity contribution in [2.24, 2.45) is 0 Å². The maximum Gasteiger partial charge on any atom is 0.264 e. The molecule has 0 spiro atoms. The minimum atomic E-state index is -1.00. The van der Waals surface area contributed by atoms with Crippen molar-refractivity contribution in [3.8, 4) is 23.3 Å². The molecule has 0 aliphatic carbocycles. The van der Waals surface area contributed by atoms with E-state index in [9.17, 15) is 29.2 Å². The number of piperidine rings is 1. The number of unbranched alkanes of at least 4 members (excludes halogenated alkanes) is 4. The summed E-state index contributed by atoms with van der Waals surface area (Å²) >= 11 is 12.7. The molecule has 16 nitrogen and oxygen atoms in total. The standard InChI is InChI=1S/C46H50Cl2N8O8/c1-62-37-25-35(31(47)23-32(37)48)52-43-28(26-49)27-51-34-24-39(38(63-2)22-30(34)43)64-21-9-16-54-17-19-55(20-18-54)41(58)12-6-4-3-5-7-15-50-33-11-8-10-29-42(33)46(61)56(45(29)60)36-13-14-40(57)53-44(36)59/h8,10-11,22-25,27,36,50H,3-7,9,12-21H2,1-2H3,(H,51,52)(H,53,57,59). The van der Waals surface area contributed by atoms with Crippen LogP contribution in [0.1, 0.15) is 84.1 Å². The summed E-state index contributed by atoms with van der Waals surface area (Å²) in [6.07, 6.45) is 7.47. The number of rotatable bonds is 19. The Bertz CT molecular complexity index is 2490. The van der Waals surface area contributed by atoms with Crippen molar-refractivity contribution < 1.29 is 38.2 Å². The van der Waals surface area contributed by atoms with E-state index in [0.29, 0.717) is 93.5 Å². The fourth-order valence-electron chi connectivity index (χ4n) is 8.27. The number of pyridine rings is 1. The maximum absolute atomic E-state index is 13.3. The van der Waals surface area contributed by atoms with E-state index in [1.54, 1.807) is 49.6 Å². The van der Waals surface area contributed by atoms with Crippen LogP contribution >= 0.6 is 23.2 Å². The van der Waals surface area contributed by atoms with Crippen LogP contribution in [0.4, 0.5) is 17.1 Å². The number of benzene rings is 3. The van der Waals surface area contributed by atoms with Gasteiger partial charge in [-0.3, -0.25) is 44.1 Å². The number of halogens is 2. The molecule has 336 valence electrons. The number of nitrogens with zero attached hydrogens (tertiary/aromatic N) is 5. The molecule has 0 radical (unpaired) electrons. The number of methoxy groups -OCH3 is 2. The number of fused-ring (bicyclic) bond motifs is 2. The monoisotopic (exact) mass is 912 g/mol. The molecule has 64 heavy (non-hydrogen) atoms. The zero-order valence-electron chi connectivity index (χ0n) is 35.8. The Balaban J connectivity index is 0.789. The number of imide groups is 2. The molecule has 2 saturated heterocycles. The van der Waals surface area contributed by atoms with E-state index in [1.165, 1.54) is 13.3 Å². The number of nitrogens with one attached hydrogen (secondary N) is 3. The van der Waals surface area contributed by atoms with Crippen LogP contribution in [0.5, 0.6) is 17.2 Å². The number of anilines is 3. The Kier molecular flexibility index (Phi) is 15.1. The Morgan fingerprint density at radius 1 is 0.891 bits per heavy atom. The molecule has 18 heteroatoms. The molecule has 4 aromatic rings. The van der Waals surface area contributed by atoms with Gasteiger partial charge in [0.05, 0.1) is 64.5 Å². The molecule has 0 bridgehead atoms. The fraction of sp³-hybridized carbons (Fsp3) is 0.413. The number of ether oxygens (including phenoxy) is 3. The average Bonchev–Trinajstić information content (AvgIpc) is 3.55. The van der Waals surface area contributed by atoms with Crippen molar-refractivity contribution in [1.29, 1.82) is 5.26 Å². The van der Waals surface area contributed by atoms with E-state index in [2.05, 4.69) is 31.9 Å². The summed E-state index contributed by atoms with van der Waals surface area (Å²) < 4.78 is 17.2. The van der Waals surface area contributed by atoms with Crippen LogP contribution in [-0.2, 0) is 14.4 Å². The van der Waals surface area contributed by atoms with Gasteiger partial charge in [0.15, 0.2) is 11.5 Å². The highest BCUT2D eigenvalue weighted by Crippen LogP contribution is 2.41. The van der Waals surface area contributed by atoms with E-state index in [4.69, 9.17) is 37.4 Å². The number of carbonyl (C=O) groups is 5. The number of hydrogen-bond donors (Lipinski definition) is 3. The Morgan fingerprint density at radius 3 is 2.41 bits per heavy atom. The van der Waals surface area contributed by atoms with E-state index in [-0.39, 0.29) is 29.9 Å². The number of amides is 5. The van der Waals surface area contributed by atoms with Gasteiger partial charge < -0.3 is 29.7 Å². The number of aromatic nitrogens is 1. The summed E-state index contributed by atoms with van der Waals surface area (Å²) in [6.45, 7) is 4.82. The first kappa shape index (κ1) is 45.9. The van der Waals surface area contributed by atoms with Gasteiger partial charge in [0.1, 0.15) is 17.9 Å². The van der Waals surface area contributed by atoms with Crippen LogP contribution in [0.15, 0.2) is 48.7 Å². The molecular formula is C46H50Cl2N8O8. The number of hydrogen-bond acceptors (Lipinski definition) is 13. The largest absolute Gasteiger partial charge is 0.495 e. The predicted octanol–water partition coefficient (Wildman–Crippen LogP) is 6.94. The lowest BCUT2D eigenvalue weighted by atomic mass is 10.0. The van der Waals surface area contributed by atoms with Gasteiger partial charge in [0.2, 0.25) is 17.7 Å². The van der Waals surface area contributed by atoms with Crippen molar-refractivity contribution in [1.82, 2.24) is 25.0 Å². The normalized spacial score (nSPS) is 16.4. The second-order valence-corrected chi connectivity index (χ2v) is 16.6. The molecule has 3 aliphatic heterocycles. The van der Waals surface area contributed by atoms with Gasteiger partial charge in [0.25, 0.3) is 11.8 Å². The minimum absolute atomic E-state index is 0.0704.